The van der Waals surface area contributed by atoms with Crippen LogP contribution >= 0.6 is 11.6 Å². The summed E-state index contributed by atoms with van der Waals surface area (Å²) in [7, 11) is -2.33. The van der Waals surface area contributed by atoms with E-state index in [1.165, 1.54) is 31.5 Å². The maximum atomic E-state index is 12.5. The first-order valence-electron chi connectivity index (χ1n) is 11.3. The number of rotatable bonds is 12. The number of anilines is 1. The first-order valence-corrected chi connectivity index (χ1v) is 13.5. The summed E-state index contributed by atoms with van der Waals surface area (Å²) in [5, 5.41) is 4.17. The van der Waals surface area contributed by atoms with Crippen molar-refractivity contribution in [1.82, 2.24) is 5.43 Å². The normalized spacial score (nSPS) is 11.2. The van der Waals surface area contributed by atoms with Gasteiger partial charge < -0.3 is 14.2 Å². The van der Waals surface area contributed by atoms with Crippen LogP contribution in [0.25, 0.3) is 0 Å². The predicted octanol–water partition coefficient (Wildman–Crippen LogP) is 4.24. The van der Waals surface area contributed by atoms with Crippen LogP contribution in [-0.2, 0) is 21.4 Å². The van der Waals surface area contributed by atoms with E-state index in [1.807, 2.05) is 37.3 Å². The number of carbonyl (C=O) groups excluding carboxylic acids is 1. The minimum absolute atomic E-state index is 0.216. The molecule has 37 heavy (non-hydrogen) atoms. The molecule has 3 aromatic rings. The van der Waals surface area contributed by atoms with Crippen molar-refractivity contribution >= 4 is 39.4 Å². The van der Waals surface area contributed by atoms with E-state index in [2.05, 4.69) is 10.5 Å². The number of nitrogens with one attached hydrogen (secondary N) is 1. The minimum Gasteiger partial charge on any atom is -0.495 e. The molecule has 0 aromatic heterocycles. The molecule has 3 rings (SSSR count). The fourth-order valence-electron chi connectivity index (χ4n) is 3.28. The lowest BCUT2D eigenvalue weighted by molar-refractivity contribution is -0.119. The summed E-state index contributed by atoms with van der Waals surface area (Å²) >= 11 is 6.12. The van der Waals surface area contributed by atoms with Gasteiger partial charge in [0.2, 0.25) is 10.0 Å². The third kappa shape index (κ3) is 8.12. The van der Waals surface area contributed by atoms with E-state index in [0.717, 1.165) is 16.1 Å². The second kappa shape index (κ2) is 13.0. The van der Waals surface area contributed by atoms with Gasteiger partial charge in [0.1, 0.15) is 18.9 Å². The molecule has 0 aliphatic carbocycles. The maximum Gasteiger partial charge on any atom is 0.260 e. The predicted molar refractivity (Wildman–Crippen MR) is 144 cm³/mol. The van der Waals surface area contributed by atoms with E-state index >= 15 is 0 Å². The van der Waals surface area contributed by atoms with Crippen LogP contribution in [0.15, 0.2) is 71.8 Å². The molecular formula is C26H28ClN3O6S. The minimum atomic E-state index is -3.78. The summed E-state index contributed by atoms with van der Waals surface area (Å²) < 4.78 is 42.2. The van der Waals surface area contributed by atoms with Gasteiger partial charge in [-0.3, -0.25) is 9.10 Å². The summed E-state index contributed by atoms with van der Waals surface area (Å²) in [5.74, 6) is 0.861. The topological polar surface area (TPSA) is 107 Å². The van der Waals surface area contributed by atoms with Gasteiger partial charge in [0, 0.05) is 0 Å². The van der Waals surface area contributed by atoms with E-state index in [1.54, 1.807) is 18.2 Å². The molecule has 0 atom stereocenters. The molecule has 9 nitrogen and oxygen atoms in total. The van der Waals surface area contributed by atoms with E-state index in [-0.39, 0.29) is 10.7 Å². The zero-order valence-electron chi connectivity index (χ0n) is 20.7. The summed E-state index contributed by atoms with van der Waals surface area (Å²) in [5.41, 5.74) is 4.25. The largest absolute Gasteiger partial charge is 0.495 e. The maximum absolute atomic E-state index is 12.5. The fraction of sp³-hybridized carbons (Fsp3) is 0.231. The van der Waals surface area contributed by atoms with Gasteiger partial charge >= 0.3 is 0 Å². The Hall–Kier alpha value is -3.76. The molecule has 0 fully saturated rings. The monoisotopic (exact) mass is 545 g/mol. The molecule has 0 aliphatic heterocycles. The molecule has 196 valence electrons. The standard InChI is InChI=1S/C26H28ClN3O6S/c1-4-35-25-14-20(10-12-24(25)36-18-19-8-6-5-7-9-19)16-28-29-26(31)17-30(37(3,32)33)21-11-13-23(34-2)22(27)15-21/h5-16H,4,17-18H2,1-3H3,(H,29,31)/b28-16-. The van der Waals surface area contributed by atoms with Crippen molar-refractivity contribution in [2.75, 3.05) is 30.8 Å². The number of carbonyl (C=O) groups is 1. The molecule has 0 bridgehead atoms. The Morgan fingerprint density at radius 2 is 1.76 bits per heavy atom. The summed E-state index contributed by atoms with van der Waals surface area (Å²) in [6, 6.07) is 19.5. The highest BCUT2D eigenvalue weighted by Crippen LogP contribution is 2.30. The van der Waals surface area contributed by atoms with Crippen LogP contribution in [0.5, 0.6) is 17.2 Å². The summed E-state index contributed by atoms with van der Waals surface area (Å²) in [6.07, 6.45) is 2.43. The van der Waals surface area contributed by atoms with Crippen LogP contribution in [0.4, 0.5) is 5.69 Å². The Kier molecular flexibility index (Phi) is 9.76. The van der Waals surface area contributed by atoms with Gasteiger partial charge in [-0.15, -0.1) is 0 Å². The molecule has 0 radical (unpaired) electrons. The van der Waals surface area contributed by atoms with Crippen molar-refractivity contribution in [3.8, 4) is 17.2 Å². The Labute approximate surface area is 221 Å². The van der Waals surface area contributed by atoms with Gasteiger partial charge in [0.15, 0.2) is 11.5 Å². The Morgan fingerprint density at radius 3 is 2.41 bits per heavy atom. The van der Waals surface area contributed by atoms with E-state index in [9.17, 15) is 13.2 Å². The van der Waals surface area contributed by atoms with Crippen molar-refractivity contribution in [3.63, 3.8) is 0 Å². The number of hydrogen-bond acceptors (Lipinski definition) is 7. The van der Waals surface area contributed by atoms with E-state index in [0.29, 0.717) is 36.0 Å². The lowest BCUT2D eigenvalue weighted by atomic mass is 10.2. The molecule has 1 N–H and O–H groups in total. The number of amides is 1. The SMILES string of the molecule is CCOc1cc(/C=N\NC(=O)CN(c2ccc(OC)c(Cl)c2)S(C)(=O)=O)ccc1OCc1ccccc1. The lowest BCUT2D eigenvalue weighted by Gasteiger charge is -2.22. The van der Waals surface area contributed by atoms with Crippen LogP contribution in [0.2, 0.25) is 5.02 Å². The molecule has 0 saturated heterocycles. The number of sulfonamides is 1. The van der Waals surface area contributed by atoms with Gasteiger partial charge in [0.25, 0.3) is 5.91 Å². The Morgan fingerprint density at radius 1 is 1.03 bits per heavy atom. The highest BCUT2D eigenvalue weighted by Gasteiger charge is 2.21. The second-order valence-electron chi connectivity index (χ2n) is 7.80. The fourth-order valence-corrected chi connectivity index (χ4v) is 4.38. The number of benzene rings is 3. The van der Waals surface area contributed by atoms with Crippen LogP contribution in [0.3, 0.4) is 0 Å². The van der Waals surface area contributed by atoms with Gasteiger partial charge in [0.05, 0.1) is 36.9 Å². The third-order valence-electron chi connectivity index (χ3n) is 5.02. The Bertz CT molecular complexity index is 1350. The summed E-state index contributed by atoms with van der Waals surface area (Å²) in [4.78, 5) is 12.5. The van der Waals surface area contributed by atoms with Crippen molar-refractivity contribution in [1.29, 1.82) is 0 Å². The number of halogens is 1. The molecule has 0 heterocycles. The highest BCUT2D eigenvalue weighted by atomic mass is 35.5. The van der Waals surface area contributed by atoms with Gasteiger partial charge in [-0.25, -0.2) is 13.8 Å². The van der Waals surface area contributed by atoms with Crippen molar-refractivity contribution in [2.45, 2.75) is 13.5 Å². The van der Waals surface area contributed by atoms with E-state index in [4.69, 9.17) is 25.8 Å². The number of hydrazone groups is 1. The molecule has 0 saturated carbocycles. The average Bonchev–Trinajstić information content (AvgIpc) is 2.87. The zero-order chi connectivity index (χ0) is 26.8. The van der Waals surface area contributed by atoms with Crippen LogP contribution in [-0.4, -0.2) is 47.1 Å². The zero-order valence-corrected chi connectivity index (χ0v) is 22.3. The number of methoxy groups -OCH3 is 1. The van der Waals surface area contributed by atoms with E-state index < -0.39 is 22.5 Å². The molecule has 3 aromatic carbocycles. The first kappa shape index (κ1) is 27.8. The van der Waals surface area contributed by atoms with Crippen LogP contribution in [0, 0.1) is 0 Å². The molecule has 0 spiro atoms. The molecule has 11 heteroatoms. The van der Waals surface area contributed by atoms with Gasteiger partial charge in [-0.1, -0.05) is 41.9 Å². The number of hydrogen-bond donors (Lipinski definition) is 1. The third-order valence-corrected chi connectivity index (χ3v) is 6.45. The summed E-state index contributed by atoms with van der Waals surface area (Å²) in [6.45, 7) is 2.21. The quantitative estimate of drug-likeness (QED) is 0.269. The van der Waals surface area contributed by atoms with Crippen molar-refractivity contribution in [2.24, 2.45) is 5.10 Å². The average molecular weight is 546 g/mol. The smallest absolute Gasteiger partial charge is 0.260 e. The van der Waals surface area contributed by atoms with Gasteiger partial charge in [-0.2, -0.15) is 5.10 Å². The highest BCUT2D eigenvalue weighted by molar-refractivity contribution is 7.92. The molecular weight excluding hydrogens is 518 g/mol. The van der Waals surface area contributed by atoms with Crippen LogP contribution < -0.4 is 23.9 Å². The molecule has 0 unspecified atom stereocenters. The number of nitrogens with zero attached hydrogens (tertiary/aromatic N) is 2. The second-order valence-corrected chi connectivity index (χ2v) is 10.1. The molecule has 1 amide bonds. The molecule has 0 aliphatic rings. The Balaban J connectivity index is 1.66. The van der Waals surface area contributed by atoms with Crippen molar-refractivity contribution in [3.05, 3.63) is 82.9 Å². The number of ether oxygens (including phenoxy) is 3. The first-order chi connectivity index (χ1) is 17.7. The lowest BCUT2D eigenvalue weighted by Crippen LogP contribution is -2.39. The van der Waals surface area contributed by atoms with Crippen LogP contribution in [0.1, 0.15) is 18.1 Å². The van der Waals surface area contributed by atoms with Gasteiger partial charge in [-0.05, 0) is 54.4 Å². The van der Waals surface area contributed by atoms with Crippen molar-refractivity contribution < 1.29 is 27.4 Å².